The Morgan fingerprint density at radius 3 is 2.71 bits per heavy atom. The Hall–Kier alpha value is -2.74. The van der Waals surface area contributed by atoms with Crippen molar-refractivity contribution in [2.75, 3.05) is 33.3 Å². The van der Waals surface area contributed by atoms with Gasteiger partial charge in [-0.05, 0) is 36.8 Å². The van der Waals surface area contributed by atoms with Crippen molar-refractivity contribution in [3.63, 3.8) is 0 Å². The minimum Gasteiger partial charge on any atom is -0.497 e. The van der Waals surface area contributed by atoms with Gasteiger partial charge in [-0.25, -0.2) is 9.78 Å². The van der Waals surface area contributed by atoms with Crippen LogP contribution in [0.4, 0.5) is 0 Å². The number of fused-ring (bicyclic) bond motifs is 2. The summed E-state index contributed by atoms with van der Waals surface area (Å²) in [6.07, 6.45) is 0. The molecule has 6 nitrogen and oxygen atoms in total. The lowest BCUT2D eigenvalue weighted by Gasteiger charge is -2.37. The van der Waals surface area contributed by atoms with Gasteiger partial charge in [-0.1, -0.05) is 12.1 Å². The zero-order chi connectivity index (χ0) is 21.4. The maximum atomic E-state index is 12.1. The van der Waals surface area contributed by atoms with E-state index in [1.807, 2.05) is 18.2 Å². The maximum Gasteiger partial charge on any atom is 0.336 e. The van der Waals surface area contributed by atoms with Gasteiger partial charge in [-0.15, -0.1) is 11.3 Å². The zero-order valence-corrected chi connectivity index (χ0v) is 18.5. The molecule has 0 bridgehead atoms. The third-order valence-electron chi connectivity index (χ3n) is 6.05. The normalized spacial score (nSPS) is 16.7. The molecule has 0 amide bonds. The van der Waals surface area contributed by atoms with Crippen LogP contribution in [0.3, 0.4) is 0 Å². The molecule has 3 heterocycles. The highest BCUT2D eigenvalue weighted by Gasteiger charge is 2.24. The van der Waals surface area contributed by atoms with E-state index in [-0.39, 0.29) is 5.63 Å². The molecule has 31 heavy (non-hydrogen) atoms. The topological polar surface area (TPSA) is 58.8 Å². The lowest BCUT2D eigenvalue weighted by Crippen LogP contribution is -2.46. The van der Waals surface area contributed by atoms with Crippen molar-refractivity contribution in [3.05, 3.63) is 69.5 Å². The summed E-state index contributed by atoms with van der Waals surface area (Å²) in [5.74, 6) is 0.685. The fourth-order valence-corrected chi connectivity index (χ4v) is 5.30. The van der Waals surface area contributed by atoms with Crippen LogP contribution in [0, 0.1) is 0 Å². The first kappa shape index (κ1) is 20.2. The van der Waals surface area contributed by atoms with Crippen molar-refractivity contribution >= 4 is 32.5 Å². The van der Waals surface area contributed by atoms with Gasteiger partial charge in [0.2, 0.25) is 0 Å². The monoisotopic (exact) mass is 435 g/mol. The van der Waals surface area contributed by atoms with Crippen LogP contribution in [-0.4, -0.2) is 48.1 Å². The summed E-state index contributed by atoms with van der Waals surface area (Å²) in [5, 5.41) is 2.14. The van der Waals surface area contributed by atoms with E-state index in [1.54, 1.807) is 30.6 Å². The van der Waals surface area contributed by atoms with Crippen LogP contribution in [0.5, 0.6) is 5.75 Å². The number of hydrogen-bond acceptors (Lipinski definition) is 7. The van der Waals surface area contributed by atoms with E-state index < -0.39 is 0 Å². The van der Waals surface area contributed by atoms with Crippen LogP contribution in [0.15, 0.2) is 57.7 Å². The van der Waals surface area contributed by atoms with Crippen LogP contribution in [0.1, 0.15) is 23.5 Å². The van der Waals surface area contributed by atoms with Crippen LogP contribution in [-0.2, 0) is 6.54 Å². The first-order chi connectivity index (χ1) is 15.1. The highest BCUT2D eigenvalue weighted by Crippen LogP contribution is 2.30. The molecular formula is C24H25N3O3S. The van der Waals surface area contributed by atoms with Gasteiger partial charge in [-0.2, -0.15) is 0 Å². The van der Waals surface area contributed by atoms with Crippen molar-refractivity contribution in [1.82, 2.24) is 14.8 Å². The number of methoxy groups -OCH3 is 1. The number of benzene rings is 2. The molecule has 1 fully saturated rings. The van der Waals surface area contributed by atoms with E-state index in [4.69, 9.17) is 14.1 Å². The van der Waals surface area contributed by atoms with Crippen molar-refractivity contribution in [2.45, 2.75) is 19.5 Å². The van der Waals surface area contributed by atoms with Gasteiger partial charge in [0.15, 0.2) is 0 Å². The summed E-state index contributed by atoms with van der Waals surface area (Å²) >= 11 is 1.79. The molecule has 2 aromatic carbocycles. The summed E-state index contributed by atoms with van der Waals surface area (Å²) in [7, 11) is 1.61. The largest absolute Gasteiger partial charge is 0.497 e. The first-order valence-corrected chi connectivity index (χ1v) is 11.3. The van der Waals surface area contributed by atoms with E-state index >= 15 is 0 Å². The molecule has 1 saturated heterocycles. The fraction of sp³-hybridized carbons (Fsp3) is 0.333. The van der Waals surface area contributed by atoms with Crippen molar-refractivity contribution in [3.8, 4) is 5.75 Å². The molecule has 0 N–H and O–H groups in total. The van der Waals surface area contributed by atoms with Gasteiger partial charge in [0.25, 0.3) is 0 Å². The van der Waals surface area contributed by atoms with Gasteiger partial charge in [0, 0.05) is 50.2 Å². The molecule has 0 saturated carbocycles. The van der Waals surface area contributed by atoms with Gasteiger partial charge in [0.05, 0.1) is 23.4 Å². The minimum atomic E-state index is -0.321. The number of ether oxygens (including phenoxy) is 1. The summed E-state index contributed by atoms with van der Waals surface area (Å²) < 4.78 is 11.9. The third-order valence-corrected chi connectivity index (χ3v) is 7.26. The lowest BCUT2D eigenvalue weighted by atomic mass is 10.1. The third kappa shape index (κ3) is 4.08. The fourth-order valence-electron chi connectivity index (χ4n) is 4.24. The Labute approximate surface area is 184 Å². The second kappa shape index (κ2) is 8.42. The van der Waals surface area contributed by atoms with Gasteiger partial charge < -0.3 is 9.15 Å². The van der Waals surface area contributed by atoms with Crippen LogP contribution >= 0.6 is 11.3 Å². The standard InChI is InChI=1S/C24H25N3O3S/c1-16(24-25-20-5-3-4-6-22(20)31-24)27-11-9-26(10-12-27)15-17-13-23(28)30-21-14-18(29-2)7-8-19(17)21/h3-8,13-14,16H,9-12,15H2,1-2H3/t16-/m1/s1. The number of thiazole rings is 1. The first-order valence-electron chi connectivity index (χ1n) is 10.5. The highest BCUT2D eigenvalue weighted by atomic mass is 32.1. The smallest absolute Gasteiger partial charge is 0.336 e. The Balaban J connectivity index is 1.28. The number of rotatable bonds is 5. The average molecular weight is 436 g/mol. The molecule has 1 aliphatic rings. The van der Waals surface area contributed by atoms with E-state index in [1.165, 1.54) is 9.71 Å². The zero-order valence-electron chi connectivity index (χ0n) is 17.7. The summed E-state index contributed by atoms with van der Waals surface area (Å²) in [6.45, 7) is 6.84. The molecular weight excluding hydrogens is 410 g/mol. The highest BCUT2D eigenvalue weighted by molar-refractivity contribution is 7.18. The number of para-hydroxylation sites is 1. The van der Waals surface area contributed by atoms with E-state index in [0.717, 1.165) is 49.2 Å². The van der Waals surface area contributed by atoms with Gasteiger partial charge in [-0.3, -0.25) is 9.80 Å². The van der Waals surface area contributed by atoms with Crippen LogP contribution < -0.4 is 10.4 Å². The SMILES string of the molecule is COc1ccc2c(CN3CCN([C@H](C)c4nc5ccccc5s4)CC3)cc(=O)oc2c1. The molecule has 1 atom stereocenters. The van der Waals surface area contributed by atoms with E-state index in [9.17, 15) is 4.79 Å². The Morgan fingerprint density at radius 2 is 1.94 bits per heavy atom. The quantitative estimate of drug-likeness (QED) is 0.436. The number of aromatic nitrogens is 1. The summed E-state index contributed by atoms with van der Waals surface area (Å²) in [5.41, 5.74) is 2.34. The Kier molecular flexibility index (Phi) is 5.48. The Bertz CT molecular complexity index is 1240. The van der Waals surface area contributed by atoms with Crippen LogP contribution in [0.2, 0.25) is 0 Å². The second-order valence-corrected chi connectivity index (χ2v) is 9.02. The lowest BCUT2D eigenvalue weighted by molar-refractivity contribution is 0.0980. The van der Waals surface area contributed by atoms with Gasteiger partial charge in [0.1, 0.15) is 16.3 Å². The molecule has 7 heteroatoms. The molecule has 0 aliphatic carbocycles. The van der Waals surface area contributed by atoms with Crippen molar-refractivity contribution < 1.29 is 9.15 Å². The number of piperazine rings is 1. The molecule has 2 aromatic heterocycles. The predicted octanol–water partition coefficient (Wildman–Crippen LogP) is 4.29. The molecule has 0 radical (unpaired) electrons. The Morgan fingerprint density at radius 1 is 1.13 bits per heavy atom. The summed E-state index contributed by atoms with van der Waals surface area (Å²) in [4.78, 5) is 21.8. The average Bonchev–Trinajstić information content (AvgIpc) is 3.23. The minimum absolute atomic E-state index is 0.302. The van der Waals surface area contributed by atoms with Crippen molar-refractivity contribution in [1.29, 1.82) is 0 Å². The van der Waals surface area contributed by atoms with E-state index in [0.29, 0.717) is 17.4 Å². The molecule has 0 spiro atoms. The molecule has 0 unspecified atom stereocenters. The van der Waals surface area contributed by atoms with E-state index in [2.05, 4.69) is 34.9 Å². The van der Waals surface area contributed by atoms with Crippen molar-refractivity contribution in [2.24, 2.45) is 0 Å². The van der Waals surface area contributed by atoms with Gasteiger partial charge >= 0.3 is 5.63 Å². The molecule has 160 valence electrons. The number of nitrogens with zero attached hydrogens (tertiary/aromatic N) is 3. The molecule has 1 aliphatic heterocycles. The van der Waals surface area contributed by atoms with Crippen LogP contribution in [0.25, 0.3) is 21.2 Å². The molecule has 5 rings (SSSR count). The summed E-state index contributed by atoms with van der Waals surface area (Å²) in [6, 6.07) is 15.9. The number of hydrogen-bond donors (Lipinski definition) is 0. The molecule has 4 aromatic rings. The predicted molar refractivity (Wildman–Crippen MR) is 124 cm³/mol. The second-order valence-electron chi connectivity index (χ2n) is 7.96. The maximum absolute atomic E-state index is 12.1.